The molecule has 2 atom stereocenters. The normalized spacial score (nSPS) is 17.2. The highest BCUT2D eigenvalue weighted by Gasteiger charge is 2.55. The zero-order valence-electron chi connectivity index (χ0n) is 27.0. The number of thiazole rings is 1. The fraction of sp³-hybridized carbons (Fsp3) is 0.171. The number of nitrogens with zero attached hydrogens (tertiary/aromatic N) is 5. The molecule has 51 heavy (non-hydrogen) atoms. The van der Waals surface area contributed by atoms with Crippen molar-refractivity contribution in [3.8, 4) is 11.4 Å². The lowest BCUT2D eigenvalue weighted by Gasteiger charge is -2.49. The molecule has 1 saturated heterocycles. The van der Waals surface area contributed by atoms with Crippen molar-refractivity contribution in [1.29, 1.82) is 0 Å². The molecule has 0 saturated carbocycles. The predicted molar refractivity (Wildman–Crippen MR) is 195 cm³/mol. The number of aromatic nitrogens is 4. The number of aromatic amines is 1. The van der Waals surface area contributed by atoms with Crippen molar-refractivity contribution < 1.29 is 24.0 Å². The van der Waals surface area contributed by atoms with E-state index in [1.165, 1.54) is 35.5 Å². The first kappa shape index (κ1) is 34.0. The van der Waals surface area contributed by atoms with E-state index in [0.717, 1.165) is 28.0 Å². The van der Waals surface area contributed by atoms with Crippen molar-refractivity contribution in [1.82, 2.24) is 30.4 Å². The fourth-order valence-corrected chi connectivity index (χ4v) is 8.45. The van der Waals surface area contributed by atoms with E-state index in [0.29, 0.717) is 28.1 Å². The van der Waals surface area contributed by atoms with Crippen LogP contribution in [0.15, 0.2) is 118 Å². The van der Waals surface area contributed by atoms with Gasteiger partial charge in [0.05, 0.1) is 0 Å². The first-order valence-corrected chi connectivity index (χ1v) is 18.5. The number of ether oxygens (including phenoxy) is 1. The minimum atomic E-state index is -0.946. The topological polar surface area (TPSA) is 178 Å². The third kappa shape index (κ3) is 7.24. The van der Waals surface area contributed by atoms with E-state index in [1.807, 2.05) is 91.0 Å². The SMILES string of the molecule is CO/N=C(/C(=O)N[C@@H]1C(=O)N2C(C(=O)OC(c3ccccc3)c3ccccc3)=C(CSc3n[nH]c(-c4ccccc4)n3)CSC12)c1csc(N)n1. The average molecular weight is 739 g/mol. The Kier molecular flexibility index (Phi) is 10.1. The number of H-pyrrole nitrogens is 1. The Labute approximate surface area is 304 Å². The number of oxime groups is 1. The van der Waals surface area contributed by atoms with E-state index in [2.05, 4.69) is 30.6 Å². The number of carbonyl (C=O) groups is 3. The van der Waals surface area contributed by atoms with E-state index < -0.39 is 35.3 Å². The summed E-state index contributed by atoms with van der Waals surface area (Å²) in [6, 6.07) is 27.5. The summed E-state index contributed by atoms with van der Waals surface area (Å²) < 4.78 is 6.27. The van der Waals surface area contributed by atoms with Crippen LogP contribution in [0.5, 0.6) is 0 Å². The van der Waals surface area contributed by atoms with Crippen molar-refractivity contribution in [3.05, 3.63) is 124 Å². The van der Waals surface area contributed by atoms with E-state index in [-0.39, 0.29) is 22.2 Å². The third-order valence-corrected chi connectivity index (χ3v) is 11.0. The number of hydrogen-bond donors (Lipinski definition) is 3. The van der Waals surface area contributed by atoms with Crippen LogP contribution in [0.3, 0.4) is 0 Å². The highest BCUT2D eigenvalue weighted by Crippen LogP contribution is 2.43. The number of anilines is 1. The van der Waals surface area contributed by atoms with E-state index in [1.54, 1.807) is 5.38 Å². The number of benzene rings is 3. The molecule has 0 radical (unpaired) electrons. The summed E-state index contributed by atoms with van der Waals surface area (Å²) in [6.45, 7) is 0. The highest BCUT2D eigenvalue weighted by atomic mass is 32.2. The molecule has 0 spiro atoms. The first-order valence-electron chi connectivity index (χ1n) is 15.6. The number of β-lactam (4-membered cyclic amide) rings is 1. The third-order valence-electron chi connectivity index (χ3n) is 8.01. The highest BCUT2D eigenvalue weighted by molar-refractivity contribution is 8.01. The number of fused-ring (bicyclic) bond motifs is 1. The van der Waals surface area contributed by atoms with Crippen molar-refractivity contribution in [3.63, 3.8) is 0 Å². The number of nitrogens with one attached hydrogen (secondary N) is 2. The molecule has 2 aliphatic rings. The zero-order valence-corrected chi connectivity index (χ0v) is 29.4. The molecule has 1 unspecified atom stereocenters. The molecule has 2 aromatic heterocycles. The number of amides is 2. The van der Waals surface area contributed by atoms with Crippen molar-refractivity contribution in [2.75, 3.05) is 24.3 Å². The maximum Gasteiger partial charge on any atom is 0.356 e. The van der Waals surface area contributed by atoms with Crippen LogP contribution in [0, 0.1) is 0 Å². The molecule has 13 nitrogen and oxygen atoms in total. The van der Waals surface area contributed by atoms with Gasteiger partial charge in [0, 0.05) is 22.4 Å². The lowest BCUT2D eigenvalue weighted by molar-refractivity contribution is -0.154. The molecule has 5 aromatic rings. The summed E-state index contributed by atoms with van der Waals surface area (Å²) in [5.74, 6) is -0.476. The number of hydrogen-bond acceptors (Lipinski definition) is 13. The molecule has 258 valence electrons. The van der Waals surface area contributed by atoms with E-state index >= 15 is 0 Å². The number of esters is 1. The van der Waals surface area contributed by atoms with Gasteiger partial charge in [0.1, 0.15) is 29.9 Å². The van der Waals surface area contributed by atoms with Gasteiger partial charge in [0.2, 0.25) is 5.16 Å². The van der Waals surface area contributed by atoms with Crippen LogP contribution in [-0.2, 0) is 24.0 Å². The maximum absolute atomic E-state index is 14.3. The van der Waals surface area contributed by atoms with Crippen molar-refractivity contribution in [2.45, 2.75) is 22.7 Å². The summed E-state index contributed by atoms with van der Waals surface area (Å²) in [5.41, 5.74) is 9.11. The van der Waals surface area contributed by atoms with Crippen LogP contribution in [0.25, 0.3) is 11.4 Å². The molecule has 4 N–H and O–H groups in total. The molecule has 0 bridgehead atoms. The molecule has 4 heterocycles. The molecule has 0 aliphatic carbocycles. The van der Waals surface area contributed by atoms with Crippen LogP contribution < -0.4 is 11.1 Å². The number of rotatable bonds is 12. The number of nitrogen functional groups attached to an aromatic ring is 1. The van der Waals surface area contributed by atoms with Gasteiger partial charge in [-0.15, -0.1) is 28.2 Å². The predicted octanol–water partition coefficient (Wildman–Crippen LogP) is 4.64. The Morgan fingerprint density at radius 3 is 2.33 bits per heavy atom. The number of carbonyl (C=O) groups excluding carboxylic acids is 3. The van der Waals surface area contributed by atoms with Crippen molar-refractivity contribution in [2.24, 2.45) is 5.16 Å². The minimum Gasteiger partial charge on any atom is -0.448 e. The summed E-state index contributed by atoms with van der Waals surface area (Å²) in [5, 5.41) is 15.6. The van der Waals surface area contributed by atoms with Gasteiger partial charge in [0.25, 0.3) is 11.8 Å². The molecule has 2 amide bonds. The Morgan fingerprint density at radius 1 is 1.04 bits per heavy atom. The van der Waals surface area contributed by atoms with Crippen molar-refractivity contribution >= 4 is 63.5 Å². The maximum atomic E-state index is 14.3. The Morgan fingerprint density at radius 2 is 1.71 bits per heavy atom. The fourth-order valence-electron chi connectivity index (χ4n) is 5.62. The largest absolute Gasteiger partial charge is 0.448 e. The summed E-state index contributed by atoms with van der Waals surface area (Å²) in [7, 11) is 1.30. The van der Waals surface area contributed by atoms with Crippen LogP contribution in [0.4, 0.5) is 5.13 Å². The molecule has 7 rings (SSSR count). The Balaban J connectivity index is 1.17. The molecule has 1 fully saturated rings. The van der Waals surface area contributed by atoms with Crippen LogP contribution in [-0.4, -0.2) is 78.6 Å². The van der Waals surface area contributed by atoms with Gasteiger partial charge in [0.15, 0.2) is 22.8 Å². The monoisotopic (exact) mass is 738 g/mol. The van der Waals surface area contributed by atoms with E-state index in [4.69, 9.17) is 15.3 Å². The molecule has 16 heteroatoms. The molecule has 2 aliphatic heterocycles. The quantitative estimate of drug-likeness (QED) is 0.0534. The van der Waals surface area contributed by atoms with Gasteiger partial charge >= 0.3 is 5.97 Å². The summed E-state index contributed by atoms with van der Waals surface area (Å²) in [6.07, 6.45) is -0.735. The average Bonchev–Trinajstić information content (AvgIpc) is 3.83. The van der Waals surface area contributed by atoms with Crippen LogP contribution >= 0.6 is 34.9 Å². The Hall–Kier alpha value is -5.45. The number of thioether (sulfide) groups is 2. The Bertz CT molecular complexity index is 2070. The second-order valence-corrected chi connectivity index (χ2v) is 14.2. The second kappa shape index (κ2) is 15.2. The molecule has 3 aromatic carbocycles. The van der Waals surface area contributed by atoms with Gasteiger partial charge < -0.3 is 20.6 Å². The minimum absolute atomic E-state index is 0.125. The number of nitrogens with two attached hydrogens (primary N) is 1. The smallest absolute Gasteiger partial charge is 0.356 e. The van der Waals surface area contributed by atoms with Gasteiger partial charge in [-0.25, -0.2) is 14.8 Å². The van der Waals surface area contributed by atoms with Gasteiger partial charge in [-0.05, 0) is 16.7 Å². The second-order valence-electron chi connectivity index (χ2n) is 11.2. The lowest BCUT2D eigenvalue weighted by atomic mass is 10.0. The van der Waals surface area contributed by atoms with E-state index in [9.17, 15) is 14.4 Å². The molecular formula is C35H30N8O5S3. The lowest BCUT2D eigenvalue weighted by Crippen LogP contribution is -2.71. The first-order chi connectivity index (χ1) is 24.9. The van der Waals surface area contributed by atoms with Gasteiger partial charge in [-0.1, -0.05) is 108 Å². The van der Waals surface area contributed by atoms with Gasteiger partial charge in [-0.2, -0.15) is 0 Å². The summed E-state index contributed by atoms with van der Waals surface area (Å²) >= 11 is 3.91. The summed E-state index contributed by atoms with van der Waals surface area (Å²) in [4.78, 5) is 56.6. The zero-order chi connectivity index (χ0) is 35.3. The standard InChI is InChI=1S/C35H30N8O5S3/c1-47-42-25(24-19-50-34(36)37-24)30(44)38-26-31(45)43-27(33(46)48-28(20-11-5-2-6-12-20)21-13-7-3-8-14-21)23(17-49-32(26)43)18-51-35-39-29(40-41-35)22-15-9-4-10-16-22/h2-16,19,26,28,32H,17-18H2,1H3,(H2,36,37)(H,38,44)(H,39,40,41)/b42-25+/t26-,32?/m1/s1. The van der Waals surface area contributed by atoms with Gasteiger partial charge in [-0.3, -0.25) is 19.6 Å². The van der Waals surface area contributed by atoms with Crippen LogP contribution in [0.2, 0.25) is 0 Å². The molecular weight excluding hydrogens is 709 g/mol. The van der Waals surface area contributed by atoms with Crippen LogP contribution in [0.1, 0.15) is 22.9 Å².